The molecule has 0 amide bonds. The van der Waals surface area contributed by atoms with Crippen LogP contribution in [0.5, 0.6) is 0 Å². The quantitative estimate of drug-likeness (QED) is 0.467. The third kappa shape index (κ3) is 5.90. The third-order valence-electron chi connectivity index (χ3n) is 5.37. The van der Waals surface area contributed by atoms with Gasteiger partial charge in [0.15, 0.2) is 0 Å². The van der Waals surface area contributed by atoms with Crippen molar-refractivity contribution in [2.75, 3.05) is 0 Å². The lowest BCUT2D eigenvalue weighted by atomic mass is 9.89. The number of rotatable bonds is 10. The topological polar surface area (TPSA) is 74.6 Å². The van der Waals surface area contributed by atoms with Crippen LogP contribution in [-0.2, 0) is 9.59 Å². The van der Waals surface area contributed by atoms with Gasteiger partial charge in [0, 0.05) is 18.8 Å². The van der Waals surface area contributed by atoms with Crippen molar-refractivity contribution in [2.45, 2.75) is 76.7 Å². The Morgan fingerprint density at radius 2 is 2.04 bits per heavy atom. The van der Waals surface area contributed by atoms with Crippen LogP contribution in [0.4, 0.5) is 0 Å². The molecule has 134 valence electrons. The fraction of sp³-hybridized carbons (Fsp3) is 0.700. The number of allylic oxidation sites excluding steroid dienone is 4. The molecule has 1 saturated carbocycles. The molecule has 4 nitrogen and oxygen atoms in total. The highest BCUT2D eigenvalue weighted by atomic mass is 16.4. The lowest BCUT2D eigenvalue weighted by Crippen LogP contribution is -2.18. The third-order valence-corrected chi connectivity index (χ3v) is 5.37. The lowest BCUT2D eigenvalue weighted by molar-refractivity contribution is -0.137. The molecule has 0 radical (unpaired) electrons. The SMILES string of the molecule is O=C(O)CCC/C=C\C[C@H]1C(=O)CC=C1CCC(O)C1CCCC1. The van der Waals surface area contributed by atoms with Gasteiger partial charge in [-0.25, -0.2) is 0 Å². The van der Waals surface area contributed by atoms with Crippen molar-refractivity contribution in [1.82, 2.24) is 0 Å². The van der Waals surface area contributed by atoms with Gasteiger partial charge >= 0.3 is 5.97 Å². The van der Waals surface area contributed by atoms with Gasteiger partial charge in [0.1, 0.15) is 5.78 Å². The van der Waals surface area contributed by atoms with Crippen LogP contribution in [0.1, 0.15) is 70.6 Å². The number of hydrogen-bond acceptors (Lipinski definition) is 3. The van der Waals surface area contributed by atoms with Crippen molar-refractivity contribution in [2.24, 2.45) is 11.8 Å². The van der Waals surface area contributed by atoms with E-state index < -0.39 is 5.97 Å². The smallest absolute Gasteiger partial charge is 0.303 e. The highest BCUT2D eigenvalue weighted by molar-refractivity contribution is 5.88. The number of aliphatic hydroxyl groups excluding tert-OH is 1. The molecular weight excluding hydrogens is 304 g/mol. The van der Waals surface area contributed by atoms with Crippen LogP contribution in [-0.4, -0.2) is 28.1 Å². The van der Waals surface area contributed by atoms with Crippen LogP contribution < -0.4 is 0 Å². The average molecular weight is 334 g/mol. The minimum atomic E-state index is -0.764. The van der Waals surface area contributed by atoms with Crippen LogP contribution >= 0.6 is 0 Å². The maximum Gasteiger partial charge on any atom is 0.303 e. The summed E-state index contributed by atoms with van der Waals surface area (Å²) in [4.78, 5) is 22.5. The van der Waals surface area contributed by atoms with E-state index in [0.29, 0.717) is 25.2 Å². The summed E-state index contributed by atoms with van der Waals surface area (Å²) in [6.07, 6.45) is 15.0. The Kier molecular flexibility index (Phi) is 7.70. The molecule has 2 aliphatic rings. The number of ketones is 1. The van der Waals surface area contributed by atoms with Crippen molar-refractivity contribution in [3.05, 3.63) is 23.8 Å². The van der Waals surface area contributed by atoms with E-state index in [4.69, 9.17) is 5.11 Å². The Hall–Kier alpha value is -1.42. The van der Waals surface area contributed by atoms with E-state index in [1.807, 2.05) is 18.2 Å². The molecule has 0 bridgehead atoms. The Balaban J connectivity index is 1.72. The van der Waals surface area contributed by atoms with Gasteiger partial charge < -0.3 is 10.2 Å². The highest BCUT2D eigenvalue weighted by Crippen LogP contribution is 2.33. The minimum absolute atomic E-state index is 0.0310. The summed E-state index contributed by atoms with van der Waals surface area (Å²) in [5.74, 6) is -0.0669. The number of carboxylic acids is 1. The molecule has 1 unspecified atom stereocenters. The van der Waals surface area contributed by atoms with Crippen molar-refractivity contribution in [3.63, 3.8) is 0 Å². The normalized spacial score (nSPS) is 23.1. The van der Waals surface area contributed by atoms with E-state index in [1.54, 1.807) is 0 Å². The first kappa shape index (κ1) is 18.9. The van der Waals surface area contributed by atoms with Crippen LogP contribution in [0.25, 0.3) is 0 Å². The van der Waals surface area contributed by atoms with Crippen LogP contribution in [0.2, 0.25) is 0 Å². The molecule has 0 aliphatic heterocycles. The van der Waals surface area contributed by atoms with Gasteiger partial charge in [-0.1, -0.05) is 36.6 Å². The first-order valence-corrected chi connectivity index (χ1v) is 9.34. The Bertz CT molecular complexity index is 486. The second kappa shape index (κ2) is 9.77. The second-order valence-electron chi connectivity index (χ2n) is 7.15. The molecule has 0 aromatic carbocycles. The summed E-state index contributed by atoms with van der Waals surface area (Å²) < 4.78 is 0. The number of aliphatic hydroxyl groups is 1. The molecule has 0 aromatic heterocycles. The summed E-state index contributed by atoms with van der Waals surface area (Å²) >= 11 is 0. The Labute approximate surface area is 144 Å². The highest BCUT2D eigenvalue weighted by Gasteiger charge is 2.28. The number of Topliss-reactive ketones (excluding diaryl/α,β-unsaturated/α-hetero) is 1. The van der Waals surface area contributed by atoms with Gasteiger partial charge in [-0.3, -0.25) is 9.59 Å². The number of carbonyl (C=O) groups excluding carboxylic acids is 1. The fourth-order valence-corrected chi connectivity index (χ4v) is 3.90. The minimum Gasteiger partial charge on any atom is -0.481 e. The van der Waals surface area contributed by atoms with Gasteiger partial charge in [0.2, 0.25) is 0 Å². The zero-order valence-corrected chi connectivity index (χ0v) is 14.5. The molecule has 2 N–H and O–H groups in total. The van der Waals surface area contributed by atoms with Crippen LogP contribution in [0.15, 0.2) is 23.8 Å². The Morgan fingerprint density at radius 3 is 2.75 bits per heavy atom. The summed E-state index contributed by atoms with van der Waals surface area (Å²) in [6.45, 7) is 0. The molecule has 2 atom stereocenters. The van der Waals surface area contributed by atoms with Crippen molar-refractivity contribution >= 4 is 11.8 Å². The molecule has 0 saturated heterocycles. The molecule has 0 heterocycles. The molecule has 24 heavy (non-hydrogen) atoms. The standard InChI is InChI=1S/C20H30O4/c21-18(16-7-5-6-8-16)13-11-15-12-14-19(22)17(15)9-3-1-2-4-10-20(23)24/h1,3,12,16-18,21H,2,4-11,13-14H2,(H,23,24)/b3-1-/t17-,18?/m1/s1. The maximum atomic E-state index is 12.1. The number of hydrogen-bond donors (Lipinski definition) is 2. The second-order valence-corrected chi connectivity index (χ2v) is 7.15. The number of unbranched alkanes of at least 4 members (excludes halogenated alkanes) is 1. The maximum absolute atomic E-state index is 12.1. The molecule has 0 spiro atoms. The van der Waals surface area contributed by atoms with Gasteiger partial charge in [0.25, 0.3) is 0 Å². The number of aliphatic carboxylic acids is 1. The average Bonchev–Trinajstić information content (AvgIpc) is 3.19. The molecule has 2 aliphatic carbocycles. The van der Waals surface area contributed by atoms with E-state index in [2.05, 4.69) is 0 Å². The van der Waals surface area contributed by atoms with E-state index in [0.717, 1.165) is 32.1 Å². The summed E-state index contributed by atoms with van der Waals surface area (Å²) in [5, 5.41) is 18.9. The van der Waals surface area contributed by atoms with E-state index in [-0.39, 0.29) is 24.2 Å². The van der Waals surface area contributed by atoms with Gasteiger partial charge in [-0.15, -0.1) is 0 Å². The molecule has 2 rings (SSSR count). The summed E-state index contributed by atoms with van der Waals surface area (Å²) in [7, 11) is 0. The van der Waals surface area contributed by atoms with Crippen molar-refractivity contribution in [1.29, 1.82) is 0 Å². The lowest BCUT2D eigenvalue weighted by Gasteiger charge is -2.19. The first-order valence-electron chi connectivity index (χ1n) is 9.34. The predicted molar refractivity (Wildman–Crippen MR) is 93.6 cm³/mol. The van der Waals surface area contributed by atoms with Gasteiger partial charge in [-0.2, -0.15) is 0 Å². The van der Waals surface area contributed by atoms with Gasteiger partial charge in [0.05, 0.1) is 6.10 Å². The first-order chi connectivity index (χ1) is 11.6. The molecule has 0 aromatic rings. The number of carboxylic acid groups (broad SMARTS) is 1. The van der Waals surface area contributed by atoms with Gasteiger partial charge in [-0.05, 0) is 50.9 Å². The zero-order chi connectivity index (χ0) is 17.4. The molecular formula is C20H30O4. The van der Waals surface area contributed by atoms with Crippen molar-refractivity contribution in [3.8, 4) is 0 Å². The molecule has 4 heteroatoms. The monoisotopic (exact) mass is 334 g/mol. The van der Waals surface area contributed by atoms with Crippen LogP contribution in [0, 0.1) is 11.8 Å². The van der Waals surface area contributed by atoms with Crippen molar-refractivity contribution < 1.29 is 19.8 Å². The van der Waals surface area contributed by atoms with E-state index >= 15 is 0 Å². The van der Waals surface area contributed by atoms with E-state index in [1.165, 1.54) is 18.4 Å². The fourth-order valence-electron chi connectivity index (χ4n) is 3.90. The van der Waals surface area contributed by atoms with Crippen LogP contribution in [0.3, 0.4) is 0 Å². The largest absolute Gasteiger partial charge is 0.481 e. The predicted octanol–water partition coefficient (Wildman–Crippen LogP) is 4.03. The van der Waals surface area contributed by atoms with E-state index in [9.17, 15) is 14.7 Å². The summed E-state index contributed by atoms with van der Waals surface area (Å²) in [6, 6.07) is 0. The summed E-state index contributed by atoms with van der Waals surface area (Å²) in [5.41, 5.74) is 1.19. The zero-order valence-electron chi connectivity index (χ0n) is 14.5. The molecule has 1 fully saturated rings. The number of carbonyl (C=O) groups is 2. The Morgan fingerprint density at radius 1 is 1.29 bits per heavy atom.